The average molecular weight is 269 g/mol. The van der Waals surface area contributed by atoms with Gasteiger partial charge in [-0.05, 0) is 19.4 Å². The molecular formula is C12H19N3S2. The molecule has 2 aliphatic heterocycles. The summed E-state index contributed by atoms with van der Waals surface area (Å²) in [4.78, 5) is 4.34. The molecule has 1 unspecified atom stereocenters. The zero-order valence-corrected chi connectivity index (χ0v) is 11.6. The monoisotopic (exact) mass is 269 g/mol. The maximum Gasteiger partial charge on any atom is 0.0949 e. The summed E-state index contributed by atoms with van der Waals surface area (Å²) in [6, 6.07) is 0.541. The highest BCUT2D eigenvalue weighted by atomic mass is 32.2. The second-order valence-corrected chi connectivity index (χ2v) is 7.25. The van der Waals surface area contributed by atoms with E-state index in [1.54, 1.807) is 0 Å². The van der Waals surface area contributed by atoms with Crippen molar-refractivity contribution in [2.24, 2.45) is 0 Å². The number of thioether (sulfide) groups is 2. The van der Waals surface area contributed by atoms with E-state index in [1.165, 1.54) is 35.8 Å². The van der Waals surface area contributed by atoms with E-state index < -0.39 is 0 Å². The first-order valence-corrected chi connectivity index (χ1v) is 8.56. The Labute approximate surface area is 111 Å². The van der Waals surface area contributed by atoms with Crippen molar-refractivity contribution >= 4 is 23.5 Å². The van der Waals surface area contributed by atoms with Crippen molar-refractivity contribution in [2.75, 3.05) is 23.8 Å². The molecule has 0 aliphatic carbocycles. The Hall–Kier alpha value is -0.130. The molecule has 1 aromatic heterocycles. The number of rotatable bonds is 3. The lowest BCUT2D eigenvalue weighted by molar-refractivity contribution is 0.563. The number of nitrogens with zero attached hydrogens (tertiary/aromatic N) is 2. The van der Waals surface area contributed by atoms with Gasteiger partial charge in [-0.25, -0.2) is 4.98 Å². The molecule has 0 aromatic carbocycles. The molecule has 2 saturated heterocycles. The maximum absolute atomic E-state index is 4.34. The van der Waals surface area contributed by atoms with Gasteiger partial charge in [0.05, 0.1) is 12.0 Å². The van der Waals surface area contributed by atoms with Gasteiger partial charge in [0.2, 0.25) is 0 Å². The third kappa shape index (κ3) is 2.83. The van der Waals surface area contributed by atoms with Gasteiger partial charge in [-0.3, -0.25) is 0 Å². The minimum Gasteiger partial charge on any atom is -0.332 e. The molecule has 2 atom stereocenters. The van der Waals surface area contributed by atoms with Crippen LogP contribution in [0, 0.1) is 0 Å². The Bertz CT molecular complexity index is 354. The maximum atomic E-state index is 4.34. The SMILES string of the molecule is c1ncn(CC2CSCCS2)c1[C@@H]1CCCN1. The van der Waals surface area contributed by atoms with Crippen molar-refractivity contribution in [2.45, 2.75) is 30.7 Å². The summed E-state index contributed by atoms with van der Waals surface area (Å²) in [6.45, 7) is 2.29. The van der Waals surface area contributed by atoms with Crippen LogP contribution in [0.25, 0.3) is 0 Å². The van der Waals surface area contributed by atoms with Crippen molar-refractivity contribution in [1.82, 2.24) is 14.9 Å². The fourth-order valence-electron chi connectivity index (χ4n) is 2.57. The summed E-state index contributed by atoms with van der Waals surface area (Å²) < 4.78 is 2.37. The Balaban J connectivity index is 1.67. The van der Waals surface area contributed by atoms with Gasteiger partial charge < -0.3 is 9.88 Å². The lowest BCUT2D eigenvalue weighted by Gasteiger charge is -2.23. The molecule has 3 heterocycles. The van der Waals surface area contributed by atoms with E-state index in [0.29, 0.717) is 6.04 Å². The number of nitrogens with one attached hydrogen (secondary N) is 1. The molecule has 1 aromatic rings. The van der Waals surface area contributed by atoms with Crippen molar-refractivity contribution in [1.29, 1.82) is 0 Å². The van der Waals surface area contributed by atoms with Crippen LogP contribution in [-0.4, -0.2) is 38.6 Å². The molecule has 3 rings (SSSR count). The van der Waals surface area contributed by atoms with Gasteiger partial charge in [-0.1, -0.05) is 0 Å². The molecule has 0 radical (unpaired) electrons. The van der Waals surface area contributed by atoms with Crippen LogP contribution in [-0.2, 0) is 6.54 Å². The van der Waals surface area contributed by atoms with Crippen molar-refractivity contribution in [3.63, 3.8) is 0 Å². The predicted octanol–water partition coefficient (Wildman–Crippen LogP) is 2.16. The number of hydrogen-bond donors (Lipinski definition) is 1. The Kier molecular flexibility index (Phi) is 3.98. The lowest BCUT2D eigenvalue weighted by Crippen LogP contribution is -2.23. The van der Waals surface area contributed by atoms with Crippen LogP contribution in [0.3, 0.4) is 0 Å². The van der Waals surface area contributed by atoms with E-state index in [4.69, 9.17) is 0 Å². The van der Waals surface area contributed by atoms with Crippen LogP contribution in [0.5, 0.6) is 0 Å². The number of hydrogen-bond acceptors (Lipinski definition) is 4. The molecule has 1 N–H and O–H groups in total. The first kappa shape index (κ1) is 11.9. The molecule has 3 nitrogen and oxygen atoms in total. The second kappa shape index (κ2) is 5.67. The van der Waals surface area contributed by atoms with E-state index in [0.717, 1.165) is 18.3 Å². The highest BCUT2D eigenvalue weighted by molar-refractivity contribution is 8.06. The first-order chi connectivity index (χ1) is 8.43. The van der Waals surface area contributed by atoms with Crippen LogP contribution in [0.15, 0.2) is 12.5 Å². The molecule has 0 spiro atoms. The zero-order chi connectivity index (χ0) is 11.5. The van der Waals surface area contributed by atoms with E-state index in [9.17, 15) is 0 Å². The molecule has 2 fully saturated rings. The minimum atomic E-state index is 0.541. The van der Waals surface area contributed by atoms with Gasteiger partial charge in [-0.15, -0.1) is 0 Å². The van der Waals surface area contributed by atoms with E-state index >= 15 is 0 Å². The van der Waals surface area contributed by atoms with Gasteiger partial charge in [0.25, 0.3) is 0 Å². The predicted molar refractivity (Wildman–Crippen MR) is 75.8 cm³/mol. The largest absolute Gasteiger partial charge is 0.332 e. The highest BCUT2D eigenvalue weighted by Crippen LogP contribution is 2.28. The molecule has 0 amide bonds. The summed E-state index contributed by atoms with van der Waals surface area (Å²) >= 11 is 4.22. The van der Waals surface area contributed by atoms with Crippen LogP contribution < -0.4 is 5.32 Å². The normalized spacial score (nSPS) is 29.6. The van der Waals surface area contributed by atoms with E-state index in [-0.39, 0.29) is 0 Å². The summed E-state index contributed by atoms with van der Waals surface area (Å²) in [5, 5.41) is 4.33. The third-order valence-electron chi connectivity index (χ3n) is 3.45. The summed E-state index contributed by atoms with van der Waals surface area (Å²) in [5.41, 5.74) is 1.39. The van der Waals surface area contributed by atoms with Gasteiger partial charge in [-0.2, -0.15) is 23.5 Å². The zero-order valence-electron chi connectivity index (χ0n) is 9.97. The molecule has 2 aliphatic rings. The minimum absolute atomic E-state index is 0.541. The molecule has 0 saturated carbocycles. The smallest absolute Gasteiger partial charge is 0.0949 e. The van der Waals surface area contributed by atoms with Crippen LogP contribution in [0.2, 0.25) is 0 Å². The quantitative estimate of drug-likeness (QED) is 0.911. The summed E-state index contributed by atoms with van der Waals surface area (Å²) in [6.07, 6.45) is 6.61. The standard InChI is InChI=1S/C12H19N3S2/c1-2-11(14-3-1)12-6-13-9-15(12)7-10-8-16-4-5-17-10/h6,9-11,14H,1-5,7-8H2/t10?,11-/m0/s1. The first-order valence-electron chi connectivity index (χ1n) is 6.36. The van der Waals surface area contributed by atoms with E-state index in [1.807, 2.05) is 12.5 Å². The average Bonchev–Trinajstić information content (AvgIpc) is 3.00. The summed E-state index contributed by atoms with van der Waals surface area (Å²) in [5.74, 6) is 3.92. The van der Waals surface area contributed by atoms with Gasteiger partial charge in [0, 0.05) is 41.3 Å². The lowest BCUT2D eigenvalue weighted by atomic mass is 10.2. The van der Waals surface area contributed by atoms with Crippen molar-refractivity contribution in [3.05, 3.63) is 18.2 Å². The highest BCUT2D eigenvalue weighted by Gasteiger charge is 2.22. The topological polar surface area (TPSA) is 29.9 Å². The van der Waals surface area contributed by atoms with Gasteiger partial charge in [0.15, 0.2) is 0 Å². The fourth-order valence-corrected chi connectivity index (χ4v) is 5.24. The van der Waals surface area contributed by atoms with Crippen LogP contribution >= 0.6 is 23.5 Å². The van der Waals surface area contributed by atoms with Crippen molar-refractivity contribution in [3.8, 4) is 0 Å². The summed E-state index contributed by atoms with van der Waals surface area (Å²) in [7, 11) is 0. The van der Waals surface area contributed by atoms with Crippen LogP contribution in [0.4, 0.5) is 0 Å². The molecule has 5 heteroatoms. The van der Waals surface area contributed by atoms with E-state index in [2.05, 4.69) is 38.4 Å². The Morgan fingerprint density at radius 3 is 3.24 bits per heavy atom. The molecule has 94 valence electrons. The second-order valence-electron chi connectivity index (χ2n) is 4.69. The number of imidazole rings is 1. The van der Waals surface area contributed by atoms with Crippen LogP contribution in [0.1, 0.15) is 24.6 Å². The van der Waals surface area contributed by atoms with Crippen molar-refractivity contribution < 1.29 is 0 Å². The Morgan fingerprint density at radius 1 is 1.47 bits per heavy atom. The van der Waals surface area contributed by atoms with Gasteiger partial charge >= 0.3 is 0 Å². The van der Waals surface area contributed by atoms with Gasteiger partial charge in [0.1, 0.15) is 0 Å². The molecular weight excluding hydrogens is 250 g/mol. The number of aromatic nitrogens is 2. The fraction of sp³-hybridized carbons (Fsp3) is 0.750. The third-order valence-corrected chi connectivity index (χ3v) is 6.27. The molecule has 17 heavy (non-hydrogen) atoms. The Morgan fingerprint density at radius 2 is 2.47 bits per heavy atom. The molecule has 0 bridgehead atoms.